The molecular weight excluding hydrogens is 361 g/mol. The minimum absolute atomic E-state index is 0.0716. The molecule has 2 aromatic heterocycles. The number of hydrogen-bond acceptors (Lipinski definition) is 6. The molecule has 0 aliphatic heterocycles. The predicted octanol–water partition coefficient (Wildman–Crippen LogP) is 4.25. The summed E-state index contributed by atoms with van der Waals surface area (Å²) in [5.74, 6) is 0.280. The normalized spacial score (nSPS) is 12.1. The van der Waals surface area contributed by atoms with E-state index in [1.54, 1.807) is 24.1 Å². The Hall–Kier alpha value is -2.19. The SMILES string of the molecule is CC(c1ccc(F)cc1)N(C)C(=O)CSc1nnc(-c2cccs2)o1. The second-order valence-electron chi connectivity index (χ2n) is 5.37. The molecular formula is C17H16FN3O2S2. The molecule has 1 unspecified atom stereocenters. The van der Waals surface area contributed by atoms with E-state index in [1.165, 1.54) is 35.2 Å². The summed E-state index contributed by atoms with van der Waals surface area (Å²) in [4.78, 5) is 14.9. The maximum absolute atomic E-state index is 13.0. The summed E-state index contributed by atoms with van der Waals surface area (Å²) in [5, 5.41) is 10.2. The zero-order chi connectivity index (χ0) is 17.8. The summed E-state index contributed by atoms with van der Waals surface area (Å²) >= 11 is 2.72. The lowest BCUT2D eigenvalue weighted by Crippen LogP contribution is -2.31. The Kier molecular flexibility index (Phi) is 5.50. The molecule has 5 nitrogen and oxygen atoms in total. The average molecular weight is 377 g/mol. The van der Waals surface area contributed by atoms with Crippen LogP contribution in [0.1, 0.15) is 18.5 Å². The first-order valence-electron chi connectivity index (χ1n) is 7.56. The molecule has 2 heterocycles. The van der Waals surface area contributed by atoms with E-state index in [1.807, 2.05) is 24.4 Å². The van der Waals surface area contributed by atoms with Gasteiger partial charge in [-0.1, -0.05) is 30.0 Å². The summed E-state index contributed by atoms with van der Waals surface area (Å²) in [5.41, 5.74) is 0.875. The smallest absolute Gasteiger partial charge is 0.277 e. The van der Waals surface area contributed by atoms with E-state index in [2.05, 4.69) is 10.2 Å². The number of benzene rings is 1. The first kappa shape index (κ1) is 17.6. The quantitative estimate of drug-likeness (QED) is 0.601. The first-order chi connectivity index (χ1) is 12.0. The van der Waals surface area contributed by atoms with Crippen LogP contribution in [0.3, 0.4) is 0 Å². The van der Waals surface area contributed by atoms with Gasteiger partial charge >= 0.3 is 0 Å². The molecule has 0 saturated heterocycles. The van der Waals surface area contributed by atoms with Crippen LogP contribution in [-0.4, -0.2) is 33.8 Å². The number of carbonyl (C=O) groups is 1. The van der Waals surface area contributed by atoms with E-state index in [4.69, 9.17) is 4.42 Å². The van der Waals surface area contributed by atoms with Crippen molar-refractivity contribution in [1.29, 1.82) is 0 Å². The zero-order valence-corrected chi connectivity index (χ0v) is 15.3. The third-order valence-electron chi connectivity index (χ3n) is 3.78. The van der Waals surface area contributed by atoms with Crippen LogP contribution in [0.25, 0.3) is 10.8 Å². The molecule has 0 aliphatic carbocycles. The second kappa shape index (κ2) is 7.79. The van der Waals surface area contributed by atoms with Crippen molar-refractivity contribution in [1.82, 2.24) is 15.1 Å². The highest BCUT2D eigenvalue weighted by atomic mass is 32.2. The summed E-state index contributed by atoms with van der Waals surface area (Å²) in [6.45, 7) is 1.90. The van der Waals surface area contributed by atoms with Crippen molar-refractivity contribution < 1.29 is 13.6 Å². The molecule has 0 fully saturated rings. The van der Waals surface area contributed by atoms with Crippen molar-refractivity contribution in [3.8, 4) is 10.8 Å². The lowest BCUT2D eigenvalue weighted by Gasteiger charge is -2.25. The molecule has 0 bridgehead atoms. The number of hydrogen-bond donors (Lipinski definition) is 0. The maximum atomic E-state index is 13.0. The van der Waals surface area contributed by atoms with Gasteiger partial charge in [0, 0.05) is 7.05 Å². The Bertz CT molecular complexity index is 834. The van der Waals surface area contributed by atoms with Crippen LogP contribution in [0, 0.1) is 5.82 Å². The number of carbonyl (C=O) groups excluding carboxylic acids is 1. The minimum atomic E-state index is -0.293. The van der Waals surface area contributed by atoms with Crippen molar-refractivity contribution in [2.24, 2.45) is 0 Å². The molecule has 3 aromatic rings. The van der Waals surface area contributed by atoms with Crippen LogP contribution >= 0.6 is 23.1 Å². The van der Waals surface area contributed by atoms with Crippen LogP contribution in [-0.2, 0) is 4.79 Å². The molecule has 8 heteroatoms. The summed E-state index contributed by atoms with van der Waals surface area (Å²) in [6.07, 6.45) is 0. The predicted molar refractivity (Wildman–Crippen MR) is 95.9 cm³/mol. The number of nitrogens with zero attached hydrogens (tertiary/aromatic N) is 3. The van der Waals surface area contributed by atoms with E-state index in [-0.39, 0.29) is 23.5 Å². The van der Waals surface area contributed by atoms with Gasteiger partial charge in [0.2, 0.25) is 5.91 Å². The number of rotatable bonds is 6. The molecule has 3 rings (SSSR count). The van der Waals surface area contributed by atoms with Gasteiger partial charge in [-0.15, -0.1) is 21.5 Å². The lowest BCUT2D eigenvalue weighted by molar-refractivity contribution is -0.128. The van der Waals surface area contributed by atoms with E-state index < -0.39 is 0 Å². The first-order valence-corrected chi connectivity index (χ1v) is 9.42. The number of thiophene rings is 1. The largest absolute Gasteiger partial charge is 0.410 e. The highest BCUT2D eigenvalue weighted by Gasteiger charge is 2.19. The lowest BCUT2D eigenvalue weighted by atomic mass is 10.1. The van der Waals surface area contributed by atoms with Crippen molar-refractivity contribution in [2.45, 2.75) is 18.2 Å². The van der Waals surface area contributed by atoms with Crippen molar-refractivity contribution >= 4 is 29.0 Å². The second-order valence-corrected chi connectivity index (χ2v) is 7.25. The Labute approximate surface area is 152 Å². The van der Waals surface area contributed by atoms with Gasteiger partial charge in [-0.05, 0) is 36.1 Å². The monoisotopic (exact) mass is 377 g/mol. The molecule has 0 aliphatic rings. The number of aromatic nitrogens is 2. The summed E-state index contributed by atoms with van der Waals surface area (Å²) < 4.78 is 18.6. The van der Waals surface area contributed by atoms with E-state index in [0.717, 1.165) is 10.4 Å². The highest BCUT2D eigenvalue weighted by molar-refractivity contribution is 7.99. The Morgan fingerprint density at radius 1 is 1.32 bits per heavy atom. The number of thioether (sulfide) groups is 1. The molecule has 0 radical (unpaired) electrons. The topological polar surface area (TPSA) is 59.2 Å². The van der Waals surface area contributed by atoms with E-state index in [0.29, 0.717) is 11.1 Å². The molecule has 0 saturated carbocycles. The van der Waals surface area contributed by atoms with Gasteiger partial charge in [-0.25, -0.2) is 4.39 Å². The van der Waals surface area contributed by atoms with Crippen LogP contribution in [0.2, 0.25) is 0 Å². The van der Waals surface area contributed by atoms with Gasteiger partial charge in [-0.2, -0.15) is 0 Å². The molecule has 130 valence electrons. The Balaban J connectivity index is 1.57. The van der Waals surface area contributed by atoms with E-state index in [9.17, 15) is 9.18 Å². The van der Waals surface area contributed by atoms with Gasteiger partial charge in [0.05, 0.1) is 16.7 Å². The van der Waals surface area contributed by atoms with Gasteiger partial charge in [0.25, 0.3) is 11.1 Å². The zero-order valence-electron chi connectivity index (χ0n) is 13.7. The highest BCUT2D eigenvalue weighted by Crippen LogP contribution is 2.27. The van der Waals surface area contributed by atoms with Crippen LogP contribution in [0.4, 0.5) is 4.39 Å². The molecule has 0 spiro atoms. The number of amides is 1. The average Bonchev–Trinajstić information content (AvgIpc) is 3.30. The van der Waals surface area contributed by atoms with Gasteiger partial charge in [0.1, 0.15) is 5.82 Å². The molecule has 1 atom stereocenters. The molecule has 25 heavy (non-hydrogen) atoms. The van der Waals surface area contributed by atoms with Crippen LogP contribution in [0.5, 0.6) is 0 Å². The molecule has 1 aromatic carbocycles. The number of halogens is 1. The molecule has 1 amide bonds. The van der Waals surface area contributed by atoms with Gasteiger partial charge in [0.15, 0.2) is 0 Å². The van der Waals surface area contributed by atoms with Gasteiger partial charge in [-0.3, -0.25) is 4.79 Å². The van der Waals surface area contributed by atoms with Crippen molar-refractivity contribution in [3.63, 3.8) is 0 Å². The Morgan fingerprint density at radius 3 is 2.76 bits per heavy atom. The van der Waals surface area contributed by atoms with Crippen LogP contribution < -0.4 is 0 Å². The van der Waals surface area contributed by atoms with Crippen molar-refractivity contribution in [2.75, 3.05) is 12.8 Å². The minimum Gasteiger partial charge on any atom is -0.410 e. The van der Waals surface area contributed by atoms with Crippen LogP contribution in [0.15, 0.2) is 51.4 Å². The fourth-order valence-electron chi connectivity index (χ4n) is 2.17. The summed E-state index contributed by atoms with van der Waals surface area (Å²) in [6, 6.07) is 9.80. The molecule has 0 N–H and O–H groups in total. The fraction of sp³-hybridized carbons (Fsp3) is 0.235. The Morgan fingerprint density at radius 2 is 2.08 bits per heavy atom. The maximum Gasteiger partial charge on any atom is 0.277 e. The van der Waals surface area contributed by atoms with E-state index >= 15 is 0 Å². The van der Waals surface area contributed by atoms with Gasteiger partial charge < -0.3 is 9.32 Å². The van der Waals surface area contributed by atoms with Crippen molar-refractivity contribution in [3.05, 3.63) is 53.2 Å². The fourth-order valence-corrected chi connectivity index (χ4v) is 3.51. The third-order valence-corrected chi connectivity index (χ3v) is 5.45. The standard InChI is InChI=1S/C17H16FN3O2S2/c1-11(12-5-7-13(18)8-6-12)21(2)15(22)10-25-17-20-19-16(23-17)14-4-3-9-24-14/h3-9,11H,10H2,1-2H3. The summed E-state index contributed by atoms with van der Waals surface area (Å²) in [7, 11) is 1.72. The third kappa shape index (κ3) is 4.26.